The number of aromatic nitrogens is 2. The Morgan fingerprint density at radius 3 is 3.00 bits per heavy atom. The Labute approximate surface area is 93.6 Å². The van der Waals surface area contributed by atoms with Crippen molar-refractivity contribution in [1.82, 2.24) is 9.38 Å². The summed E-state index contributed by atoms with van der Waals surface area (Å²) in [6, 6.07) is 5.80. The molecule has 4 heteroatoms. The number of ketones is 1. The van der Waals surface area contributed by atoms with Gasteiger partial charge in [-0.2, -0.15) is 0 Å². The van der Waals surface area contributed by atoms with E-state index >= 15 is 0 Å². The first-order chi connectivity index (χ1) is 7.66. The van der Waals surface area contributed by atoms with E-state index in [0.29, 0.717) is 0 Å². The van der Waals surface area contributed by atoms with Crippen LogP contribution in [0.25, 0.3) is 5.65 Å². The van der Waals surface area contributed by atoms with Gasteiger partial charge in [0.25, 0.3) is 0 Å². The average molecular weight is 215 g/mol. The molecule has 0 aliphatic rings. The van der Waals surface area contributed by atoms with Crippen LogP contribution in [-0.2, 0) is 4.79 Å². The van der Waals surface area contributed by atoms with Gasteiger partial charge < -0.3 is 5.32 Å². The van der Waals surface area contributed by atoms with Crippen LogP contribution >= 0.6 is 0 Å². The average Bonchev–Trinajstić information content (AvgIpc) is 2.61. The number of fused-ring (bicyclic) bond motifs is 1. The fourth-order valence-corrected chi connectivity index (χ4v) is 1.57. The third-order valence-corrected chi connectivity index (χ3v) is 2.16. The van der Waals surface area contributed by atoms with Crippen molar-refractivity contribution in [2.75, 3.05) is 5.32 Å². The Hall–Kier alpha value is -2.10. The maximum absolute atomic E-state index is 10.9. The number of hydrogen-bond donors (Lipinski definition) is 1. The largest absolute Gasteiger partial charge is 0.344 e. The summed E-state index contributed by atoms with van der Waals surface area (Å²) in [4.78, 5) is 15.1. The Morgan fingerprint density at radius 1 is 1.44 bits per heavy atom. The van der Waals surface area contributed by atoms with Crippen molar-refractivity contribution in [3.05, 3.63) is 42.4 Å². The Bertz CT molecular complexity index is 554. The van der Waals surface area contributed by atoms with Gasteiger partial charge in [0.1, 0.15) is 11.5 Å². The van der Waals surface area contributed by atoms with E-state index in [1.165, 1.54) is 6.92 Å². The summed E-state index contributed by atoms with van der Waals surface area (Å²) in [6.45, 7) is 3.38. The number of pyridine rings is 1. The van der Waals surface area contributed by atoms with Crippen molar-refractivity contribution in [3.8, 4) is 0 Å². The van der Waals surface area contributed by atoms with Crippen molar-refractivity contribution in [2.24, 2.45) is 0 Å². The van der Waals surface area contributed by atoms with Crippen LogP contribution in [0, 0.1) is 0 Å². The van der Waals surface area contributed by atoms with E-state index in [1.54, 1.807) is 12.3 Å². The molecule has 0 aromatic carbocycles. The van der Waals surface area contributed by atoms with Crippen molar-refractivity contribution in [3.63, 3.8) is 0 Å². The van der Waals surface area contributed by atoms with Gasteiger partial charge in [0.15, 0.2) is 5.78 Å². The fraction of sp³-hybridized carbons (Fsp3) is 0.167. The van der Waals surface area contributed by atoms with E-state index in [9.17, 15) is 4.79 Å². The zero-order valence-electron chi connectivity index (χ0n) is 9.27. The van der Waals surface area contributed by atoms with Gasteiger partial charge in [-0.3, -0.25) is 9.20 Å². The van der Waals surface area contributed by atoms with Gasteiger partial charge in [0, 0.05) is 11.9 Å². The molecule has 4 nitrogen and oxygen atoms in total. The van der Waals surface area contributed by atoms with Gasteiger partial charge in [-0.1, -0.05) is 6.07 Å². The summed E-state index contributed by atoms with van der Waals surface area (Å²) in [6.07, 6.45) is 5.22. The molecule has 0 saturated carbocycles. The number of carbonyl (C=O) groups excluding carboxylic acids is 1. The van der Waals surface area contributed by atoms with E-state index in [1.807, 2.05) is 35.7 Å². The molecule has 2 aromatic heterocycles. The lowest BCUT2D eigenvalue weighted by atomic mass is 10.3. The van der Waals surface area contributed by atoms with Crippen LogP contribution in [0.15, 0.2) is 42.4 Å². The molecule has 2 heterocycles. The zero-order valence-corrected chi connectivity index (χ0v) is 9.27. The second-order valence-electron chi connectivity index (χ2n) is 3.64. The first-order valence-electron chi connectivity index (χ1n) is 5.05. The maximum atomic E-state index is 10.9. The highest BCUT2D eigenvalue weighted by Crippen LogP contribution is 2.12. The number of imidazole rings is 1. The molecular weight excluding hydrogens is 202 g/mol. The monoisotopic (exact) mass is 215 g/mol. The maximum Gasteiger partial charge on any atom is 0.154 e. The Kier molecular flexibility index (Phi) is 2.72. The van der Waals surface area contributed by atoms with Crippen molar-refractivity contribution in [2.45, 2.75) is 13.8 Å². The van der Waals surface area contributed by atoms with E-state index in [-0.39, 0.29) is 5.78 Å². The summed E-state index contributed by atoms with van der Waals surface area (Å²) in [5.74, 6) is 0.879. The molecule has 0 atom stereocenters. The normalized spacial score (nSPS) is 11.8. The summed E-state index contributed by atoms with van der Waals surface area (Å²) in [5.41, 5.74) is 1.68. The van der Waals surface area contributed by atoms with E-state index < -0.39 is 0 Å². The molecule has 0 radical (unpaired) electrons. The molecular formula is C12H13N3O. The number of nitrogens with zero attached hydrogens (tertiary/aromatic N) is 2. The SMILES string of the molecule is CC(=O)/C=C(\C)Nc1cnc2ccccn12. The number of hydrogen-bond acceptors (Lipinski definition) is 3. The smallest absolute Gasteiger partial charge is 0.154 e. The van der Waals surface area contributed by atoms with Crippen LogP contribution in [0.1, 0.15) is 13.8 Å². The lowest BCUT2D eigenvalue weighted by molar-refractivity contribution is -0.112. The van der Waals surface area contributed by atoms with Crippen molar-refractivity contribution >= 4 is 17.2 Å². The lowest BCUT2D eigenvalue weighted by Crippen LogP contribution is -2.00. The Balaban J connectivity index is 2.31. The highest BCUT2D eigenvalue weighted by atomic mass is 16.1. The molecule has 0 aliphatic heterocycles. The van der Waals surface area contributed by atoms with Crippen LogP contribution in [0.3, 0.4) is 0 Å². The summed E-state index contributed by atoms with van der Waals surface area (Å²) >= 11 is 0. The molecule has 0 saturated heterocycles. The minimum Gasteiger partial charge on any atom is -0.344 e. The molecule has 0 aliphatic carbocycles. The van der Waals surface area contributed by atoms with Gasteiger partial charge in [0.2, 0.25) is 0 Å². The van der Waals surface area contributed by atoms with Crippen LogP contribution in [-0.4, -0.2) is 15.2 Å². The second-order valence-corrected chi connectivity index (χ2v) is 3.64. The number of rotatable bonds is 3. The van der Waals surface area contributed by atoms with Crippen LogP contribution < -0.4 is 5.32 Å². The summed E-state index contributed by atoms with van der Waals surface area (Å²) < 4.78 is 1.93. The van der Waals surface area contributed by atoms with E-state index in [2.05, 4.69) is 10.3 Å². The predicted molar refractivity (Wildman–Crippen MR) is 63.3 cm³/mol. The molecule has 2 rings (SSSR count). The van der Waals surface area contributed by atoms with Gasteiger partial charge in [-0.25, -0.2) is 4.98 Å². The van der Waals surface area contributed by atoms with Crippen LogP contribution in [0.2, 0.25) is 0 Å². The standard InChI is InChI=1S/C12H13N3O/c1-9(7-10(2)16)14-12-8-13-11-5-3-4-6-15(11)12/h3-8,14H,1-2H3/b9-7+. The number of anilines is 1. The zero-order chi connectivity index (χ0) is 11.5. The molecule has 0 amide bonds. The minimum absolute atomic E-state index is 0.0267. The number of nitrogens with one attached hydrogen (secondary N) is 1. The van der Waals surface area contributed by atoms with E-state index in [4.69, 9.17) is 0 Å². The molecule has 0 spiro atoms. The van der Waals surface area contributed by atoms with Crippen molar-refractivity contribution < 1.29 is 4.79 Å². The van der Waals surface area contributed by atoms with Crippen LogP contribution in [0.4, 0.5) is 5.82 Å². The lowest BCUT2D eigenvalue weighted by Gasteiger charge is -2.04. The molecule has 82 valence electrons. The molecule has 0 unspecified atom stereocenters. The highest BCUT2D eigenvalue weighted by Gasteiger charge is 2.01. The first kappa shape index (κ1) is 10.4. The van der Waals surface area contributed by atoms with Crippen LogP contribution in [0.5, 0.6) is 0 Å². The Morgan fingerprint density at radius 2 is 2.25 bits per heavy atom. The second kappa shape index (κ2) is 4.18. The van der Waals surface area contributed by atoms with Gasteiger partial charge >= 0.3 is 0 Å². The minimum atomic E-state index is 0.0267. The highest BCUT2D eigenvalue weighted by molar-refractivity contribution is 5.88. The number of allylic oxidation sites excluding steroid dienone is 2. The molecule has 2 aromatic rings. The van der Waals surface area contributed by atoms with Crippen molar-refractivity contribution in [1.29, 1.82) is 0 Å². The third kappa shape index (κ3) is 2.11. The molecule has 0 bridgehead atoms. The van der Waals surface area contributed by atoms with Gasteiger partial charge in [0.05, 0.1) is 6.20 Å². The quantitative estimate of drug-likeness (QED) is 0.799. The molecule has 0 fully saturated rings. The first-order valence-corrected chi connectivity index (χ1v) is 5.05. The topological polar surface area (TPSA) is 46.4 Å². The third-order valence-electron chi connectivity index (χ3n) is 2.16. The molecule has 16 heavy (non-hydrogen) atoms. The molecule has 1 N–H and O–H groups in total. The summed E-state index contributed by atoms with van der Waals surface area (Å²) in [7, 11) is 0. The number of carbonyl (C=O) groups is 1. The fourth-order valence-electron chi connectivity index (χ4n) is 1.57. The van der Waals surface area contributed by atoms with Gasteiger partial charge in [-0.05, 0) is 32.1 Å². The van der Waals surface area contributed by atoms with E-state index in [0.717, 1.165) is 17.2 Å². The predicted octanol–water partition coefficient (Wildman–Crippen LogP) is 2.24. The summed E-state index contributed by atoms with van der Waals surface area (Å²) in [5, 5.41) is 3.14. The van der Waals surface area contributed by atoms with Gasteiger partial charge in [-0.15, -0.1) is 0 Å².